The van der Waals surface area contributed by atoms with E-state index in [0.717, 1.165) is 107 Å². The zero-order valence-electron chi connectivity index (χ0n) is 26.1. The largest absolute Gasteiger partial charge is 0.469 e. The highest BCUT2D eigenvalue weighted by molar-refractivity contribution is 5.85. The molecule has 43 heavy (non-hydrogen) atoms. The summed E-state index contributed by atoms with van der Waals surface area (Å²) in [7, 11) is 1.49. The molecule has 4 bridgehead atoms. The molecule has 2 heterocycles. The Balaban J connectivity index is 1.12. The van der Waals surface area contributed by atoms with Crippen LogP contribution in [-0.2, 0) is 25.1 Å². The topological polar surface area (TPSA) is 121 Å². The van der Waals surface area contributed by atoms with Crippen molar-refractivity contribution >= 4 is 18.0 Å². The van der Waals surface area contributed by atoms with Gasteiger partial charge in [-0.15, -0.1) is 0 Å². The van der Waals surface area contributed by atoms with Crippen molar-refractivity contribution in [3.8, 4) is 0 Å². The average molecular weight is 592 g/mol. The highest BCUT2D eigenvalue weighted by Gasteiger charge is 2.55. The van der Waals surface area contributed by atoms with Crippen LogP contribution in [-0.4, -0.2) is 51.4 Å². The molecule has 9 rings (SSSR count). The minimum atomic E-state index is -0.640. The molecular formula is C33H45N5O5. The van der Waals surface area contributed by atoms with Gasteiger partial charge in [0.2, 0.25) is 11.8 Å². The summed E-state index contributed by atoms with van der Waals surface area (Å²) >= 11 is 0. The lowest BCUT2D eigenvalue weighted by Gasteiger charge is -2.53. The number of aromatic nitrogens is 4. The summed E-state index contributed by atoms with van der Waals surface area (Å²) in [5, 5.41) is 4.31. The molecule has 0 aliphatic heterocycles. The third-order valence-electron chi connectivity index (χ3n) is 11.6. The molecule has 7 aliphatic rings. The fraction of sp³-hybridized carbons (Fsp3) is 0.758. The minimum absolute atomic E-state index is 0.0363. The van der Waals surface area contributed by atoms with Gasteiger partial charge in [-0.25, -0.2) is 19.7 Å². The van der Waals surface area contributed by atoms with Crippen molar-refractivity contribution in [3.63, 3.8) is 0 Å². The van der Waals surface area contributed by atoms with Gasteiger partial charge < -0.3 is 14.0 Å². The Kier molecular flexibility index (Phi) is 6.67. The van der Waals surface area contributed by atoms with E-state index in [1.165, 1.54) is 7.11 Å². The first-order valence-corrected chi connectivity index (χ1v) is 16.3. The van der Waals surface area contributed by atoms with Crippen molar-refractivity contribution in [2.24, 2.45) is 10.8 Å². The first-order valence-electron chi connectivity index (χ1n) is 16.3. The van der Waals surface area contributed by atoms with E-state index in [4.69, 9.17) is 24.0 Å². The van der Waals surface area contributed by atoms with Crippen LogP contribution in [0, 0.1) is 10.8 Å². The average Bonchev–Trinajstić information content (AvgIpc) is 3.75. The molecule has 10 nitrogen and oxygen atoms in total. The number of anilines is 1. The number of hydrogen-bond donors (Lipinski definition) is 0. The Labute approximate surface area is 253 Å². The fourth-order valence-electron chi connectivity index (χ4n) is 8.51. The SMILES string of the molecule is COC(=O)C12CCC(c3ccnc(N(CC45CCC(c6nc(C7CC7)no6)(CC4)CC5)C(=O)OC(C)(C)C)n3)(CC1)CC2. The Bertz CT molecular complexity index is 1360. The van der Waals surface area contributed by atoms with Crippen molar-refractivity contribution in [1.82, 2.24) is 20.1 Å². The molecule has 10 heteroatoms. The lowest BCUT2D eigenvalue weighted by molar-refractivity contribution is -0.160. The Hall–Kier alpha value is -3.04. The van der Waals surface area contributed by atoms with Crippen LogP contribution in [0.5, 0.6) is 0 Å². The molecular weight excluding hydrogens is 546 g/mol. The van der Waals surface area contributed by atoms with E-state index in [9.17, 15) is 9.59 Å². The van der Waals surface area contributed by atoms with Crippen LogP contribution >= 0.6 is 0 Å². The number of fused-ring (bicyclic) bond motifs is 6. The van der Waals surface area contributed by atoms with Crippen molar-refractivity contribution in [2.45, 2.75) is 133 Å². The first-order chi connectivity index (χ1) is 20.5. The van der Waals surface area contributed by atoms with Gasteiger partial charge in [0.15, 0.2) is 5.82 Å². The van der Waals surface area contributed by atoms with E-state index in [1.54, 1.807) is 11.1 Å². The maximum absolute atomic E-state index is 13.8. The summed E-state index contributed by atoms with van der Waals surface area (Å²) in [5.41, 5.74) is -0.216. The number of ether oxygens (including phenoxy) is 2. The third kappa shape index (κ3) is 5.02. The van der Waals surface area contributed by atoms with Gasteiger partial charge in [0, 0.05) is 29.5 Å². The smallest absolute Gasteiger partial charge is 0.417 e. The van der Waals surface area contributed by atoms with Gasteiger partial charge in [0.1, 0.15) is 5.60 Å². The summed E-state index contributed by atoms with van der Waals surface area (Å²) in [5.74, 6) is 2.52. The third-order valence-corrected chi connectivity index (χ3v) is 11.6. The quantitative estimate of drug-likeness (QED) is 0.331. The summed E-state index contributed by atoms with van der Waals surface area (Å²) in [6.07, 6.45) is 14.7. The maximum atomic E-state index is 13.8. The number of amides is 1. The van der Waals surface area contributed by atoms with E-state index in [0.29, 0.717) is 18.4 Å². The predicted molar refractivity (Wildman–Crippen MR) is 158 cm³/mol. The molecule has 2 aromatic heterocycles. The van der Waals surface area contributed by atoms with Crippen LogP contribution in [0.15, 0.2) is 16.8 Å². The molecule has 1 amide bonds. The summed E-state index contributed by atoms with van der Waals surface area (Å²) < 4.78 is 16.9. The number of esters is 1. The van der Waals surface area contributed by atoms with Gasteiger partial charge in [-0.2, -0.15) is 4.98 Å². The Morgan fingerprint density at radius 3 is 2.14 bits per heavy atom. The van der Waals surface area contributed by atoms with E-state index in [-0.39, 0.29) is 27.6 Å². The van der Waals surface area contributed by atoms with Crippen molar-refractivity contribution in [2.75, 3.05) is 18.6 Å². The van der Waals surface area contributed by atoms with Crippen LogP contribution in [0.4, 0.5) is 10.7 Å². The van der Waals surface area contributed by atoms with Crippen LogP contribution < -0.4 is 4.90 Å². The molecule has 0 saturated heterocycles. The van der Waals surface area contributed by atoms with Crippen LogP contribution in [0.1, 0.15) is 134 Å². The number of nitrogens with zero attached hydrogens (tertiary/aromatic N) is 5. The van der Waals surface area contributed by atoms with Crippen molar-refractivity contribution in [1.29, 1.82) is 0 Å². The normalized spacial score (nSPS) is 33.3. The Morgan fingerprint density at radius 2 is 1.56 bits per heavy atom. The van der Waals surface area contributed by atoms with Crippen LogP contribution in [0.3, 0.4) is 0 Å². The number of carbonyl (C=O) groups is 2. The maximum Gasteiger partial charge on any atom is 0.417 e. The number of hydrogen-bond acceptors (Lipinski definition) is 9. The predicted octanol–water partition coefficient (Wildman–Crippen LogP) is 6.54. The molecule has 232 valence electrons. The van der Waals surface area contributed by atoms with Crippen molar-refractivity contribution in [3.05, 3.63) is 29.7 Å². The zero-order valence-corrected chi connectivity index (χ0v) is 26.1. The van der Waals surface area contributed by atoms with Gasteiger partial charge in [0.05, 0.1) is 18.2 Å². The highest BCUT2D eigenvalue weighted by atomic mass is 16.6. The van der Waals surface area contributed by atoms with Gasteiger partial charge in [-0.1, -0.05) is 5.16 Å². The van der Waals surface area contributed by atoms with Gasteiger partial charge in [0.25, 0.3) is 0 Å². The second kappa shape index (κ2) is 9.99. The lowest BCUT2D eigenvalue weighted by Crippen LogP contribution is -2.52. The van der Waals surface area contributed by atoms with Gasteiger partial charge in [-0.3, -0.25) is 4.79 Å². The molecule has 0 atom stereocenters. The fourth-order valence-corrected chi connectivity index (χ4v) is 8.51. The first kappa shape index (κ1) is 28.7. The van der Waals surface area contributed by atoms with Crippen LogP contribution in [0.2, 0.25) is 0 Å². The minimum Gasteiger partial charge on any atom is -0.469 e. The second-order valence-corrected chi connectivity index (χ2v) is 15.4. The molecule has 2 aromatic rings. The van der Waals surface area contributed by atoms with E-state index < -0.39 is 11.7 Å². The molecule has 7 fully saturated rings. The molecule has 7 saturated carbocycles. The molecule has 0 spiro atoms. The summed E-state index contributed by atoms with van der Waals surface area (Å²) in [6.45, 7) is 6.21. The highest BCUT2D eigenvalue weighted by Crippen LogP contribution is 2.59. The van der Waals surface area contributed by atoms with Gasteiger partial charge in [-0.05, 0) is 122 Å². The number of rotatable bonds is 7. The lowest BCUT2D eigenvalue weighted by atomic mass is 9.52. The monoisotopic (exact) mass is 591 g/mol. The number of methoxy groups -OCH3 is 1. The molecule has 0 N–H and O–H groups in total. The van der Waals surface area contributed by atoms with E-state index >= 15 is 0 Å². The molecule has 0 aromatic carbocycles. The van der Waals surface area contributed by atoms with Crippen LogP contribution in [0.25, 0.3) is 0 Å². The van der Waals surface area contributed by atoms with Gasteiger partial charge >= 0.3 is 12.1 Å². The van der Waals surface area contributed by atoms with E-state index in [2.05, 4.69) is 10.1 Å². The zero-order chi connectivity index (χ0) is 30.1. The standard InChI is InChI=1S/C33H45N5O5/c1-29(2,3)42-28(40)38(21-30-8-11-32(12-9-30,13-10-30)25-36-24(37-43-25)22-5-6-22)27-34-20-7-23(35-27)31-14-17-33(18-15-31,19-16-31)26(39)41-4/h7,20,22H,5-6,8-19,21H2,1-4H3. The Morgan fingerprint density at radius 1 is 0.930 bits per heavy atom. The molecule has 7 aliphatic carbocycles. The second-order valence-electron chi connectivity index (χ2n) is 15.4. The number of carbonyl (C=O) groups excluding carboxylic acids is 2. The van der Waals surface area contributed by atoms with E-state index in [1.807, 2.05) is 26.8 Å². The van der Waals surface area contributed by atoms with Crippen molar-refractivity contribution < 1.29 is 23.6 Å². The molecule has 0 unspecified atom stereocenters. The molecule has 0 radical (unpaired) electrons. The summed E-state index contributed by atoms with van der Waals surface area (Å²) in [4.78, 5) is 42.7. The summed E-state index contributed by atoms with van der Waals surface area (Å²) in [6, 6.07) is 2.00.